The molecule has 0 aliphatic carbocycles. The molecule has 2 heterocycles. The Labute approximate surface area is 202 Å². The number of carboxylic acid groups (broad SMARTS) is 1. The number of benzene rings is 3. The minimum absolute atomic E-state index is 0. The zero-order valence-electron chi connectivity index (χ0n) is 19.3. The Morgan fingerprint density at radius 1 is 1.03 bits per heavy atom. The van der Waals surface area contributed by atoms with Gasteiger partial charge in [0.05, 0.1) is 6.42 Å². The number of hydrogen-bond acceptors (Lipinski definition) is 4. The van der Waals surface area contributed by atoms with Gasteiger partial charge in [-0.3, -0.25) is 4.79 Å². The van der Waals surface area contributed by atoms with Crippen LogP contribution in [0.3, 0.4) is 0 Å². The smallest absolute Gasteiger partial charge is 0.307 e. The van der Waals surface area contributed by atoms with Gasteiger partial charge in [0.2, 0.25) is 5.89 Å². The molecule has 7 heteroatoms. The van der Waals surface area contributed by atoms with Gasteiger partial charge in [0.1, 0.15) is 24.3 Å². The van der Waals surface area contributed by atoms with Crippen LogP contribution in [-0.2, 0) is 24.4 Å². The molecule has 0 amide bonds. The first-order valence-electron chi connectivity index (χ1n) is 11.1. The Bertz CT molecular complexity index is 1440. The van der Waals surface area contributed by atoms with E-state index < -0.39 is 5.97 Å². The van der Waals surface area contributed by atoms with Crippen molar-refractivity contribution < 1.29 is 24.5 Å². The van der Waals surface area contributed by atoms with Crippen LogP contribution in [0.1, 0.15) is 22.5 Å². The molecule has 178 valence electrons. The summed E-state index contributed by atoms with van der Waals surface area (Å²) in [6.45, 7) is 2.90. The van der Waals surface area contributed by atoms with Gasteiger partial charge in [-0.05, 0) is 48.4 Å². The molecule has 0 atom stereocenters. The third-order valence-electron chi connectivity index (χ3n) is 5.90. The highest BCUT2D eigenvalue weighted by atomic mass is 16.5. The summed E-state index contributed by atoms with van der Waals surface area (Å²) in [6.07, 6.45) is 1.55. The topological polar surface area (TPSA) is 109 Å². The number of hydrogen-bond donors (Lipinski definition) is 1. The highest BCUT2D eigenvalue weighted by molar-refractivity contribution is 5.90. The van der Waals surface area contributed by atoms with Gasteiger partial charge in [-0.15, -0.1) is 0 Å². The van der Waals surface area contributed by atoms with Gasteiger partial charge >= 0.3 is 5.97 Å². The van der Waals surface area contributed by atoms with E-state index in [-0.39, 0.29) is 18.5 Å². The van der Waals surface area contributed by atoms with E-state index in [1.54, 1.807) is 6.26 Å². The summed E-state index contributed by atoms with van der Waals surface area (Å²) in [5.41, 5.74) is 5.48. The van der Waals surface area contributed by atoms with E-state index in [2.05, 4.69) is 21.7 Å². The maximum Gasteiger partial charge on any atom is 0.307 e. The second-order valence-corrected chi connectivity index (χ2v) is 8.18. The maximum absolute atomic E-state index is 11.6. The zero-order valence-corrected chi connectivity index (χ0v) is 19.3. The van der Waals surface area contributed by atoms with Crippen molar-refractivity contribution in [1.82, 2.24) is 9.55 Å². The summed E-state index contributed by atoms with van der Waals surface area (Å²) in [5, 5.41) is 10.4. The first-order chi connectivity index (χ1) is 16.6. The number of oxazole rings is 1. The minimum atomic E-state index is -0.857. The predicted molar refractivity (Wildman–Crippen MR) is 133 cm³/mol. The van der Waals surface area contributed by atoms with Crippen LogP contribution in [0.4, 0.5) is 0 Å². The molecule has 5 aromatic rings. The number of carbonyl (C=O) groups is 1. The third-order valence-corrected chi connectivity index (χ3v) is 5.90. The number of aromatic nitrogens is 2. The lowest BCUT2D eigenvalue weighted by Crippen LogP contribution is -2.05. The summed E-state index contributed by atoms with van der Waals surface area (Å²) in [6, 6.07) is 25.7. The van der Waals surface area contributed by atoms with Gasteiger partial charge < -0.3 is 24.3 Å². The van der Waals surface area contributed by atoms with E-state index in [4.69, 9.17) is 9.15 Å². The molecule has 0 saturated heterocycles. The molecular weight excluding hydrogens is 444 g/mol. The highest BCUT2D eigenvalue weighted by Crippen LogP contribution is 2.31. The molecule has 0 bridgehead atoms. The lowest BCUT2D eigenvalue weighted by atomic mass is 10.1. The summed E-state index contributed by atoms with van der Waals surface area (Å²) in [4.78, 5) is 16.1. The maximum atomic E-state index is 11.6. The molecule has 0 spiro atoms. The second-order valence-electron chi connectivity index (χ2n) is 8.18. The van der Waals surface area contributed by atoms with Gasteiger partial charge in [-0.1, -0.05) is 48.5 Å². The number of carboxylic acids is 1. The van der Waals surface area contributed by atoms with E-state index in [1.807, 2.05) is 73.7 Å². The summed E-state index contributed by atoms with van der Waals surface area (Å²) >= 11 is 0. The van der Waals surface area contributed by atoms with Crippen LogP contribution < -0.4 is 4.74 Å². The number of fused-ring (bicyclic) bond motifs is 1. The van der Waals surface area contributed by atoms with Crippen molar-refractivity contribution >= 4 is 16.9 Å². The SMILES string of the molecule is Cc1c(CC(=O)O)c2cc(OCc3coc(-c4ccccc4)n3)ccc2n1Cc1ccccc1.O. The van der Waals surface area contributed by atoms with Crippen LogP contribution in [0.15, 0.2) is 89.5 Å². The predicted octanol–water partition coefficient (Wildman–Crippen LogP) is 5.03. The van der Waals surface area contributed by atoms with Crippen molar-refractivity contribution in [3.63, 3.8) is 0 Å². The molecule has 35 heavy (non-hydrogen) atoms. The standard InChI is InChI=1S/C28H24N2O4.H2O/c1-19-24(15-27(31)32)25-14-23(12-13-26(25)30(19)16-20-8-4-2-5-9-20)33-17-22-18-34-28(29-22)21-10-6-3-7-11-21;/h2-14,18H,15-17H2,1H3,(H,31,32);1H2. The van der Waals surface area contributed by atoms with Gasteiger partial charge in [-0.2, -0.15) is 0 Å². The van der Waals surface area contributed by atoms with Crippen LogP contribution in [0, 0.1) is 6.92 Å². The Kier molecular flexibility index (Phi) is 6.98. The minimum Gasteiger partial charge on any atom is -0.487 e. The number of nitrogens with zero attached hydrogens (tertiary/aromatic N) is 2. The third kappa shape index (κ3) is 5.10. The van der Waals surface area contributed by atoms with Crippen LogP contribution in [0.2, 0.25) is 0 Å². The van der Waals surface area contributed by atoms with Crippen molar-refractivity contribution in [2.75, 3.05) is 0 Å². The lowest BCUT2D eigenvalue weighted by molar-refractivity contribution is -0.136. The molecule has 0 fully saturated rings. The summed E-state index contributed by atoms with van der Waals surface area (Å²) in [7, 11) is 0. The van der Waals surface area contributed by atoms with Crippen LogP contribution >= 0.6 is 0 Å². The molecule has 3 N–H and O–H groups in total. The second kappa shape index (κ2) is 10.3. The van der Waals surface area contributed by atoms with E-state index in [0.717, 1.165) is 33.3 Å². The summed E-state index contributed by atoms with van der Waals surface area (Å²) < 4.78 is 13.7. The van der Waals surface area contributed by atoms with Crippen LogP contribution in [0.5, 0.6) is 5.75 Å². The molecule has 5 rings (SSSR count). The largest absolute Gasteiger partial charge is 0.487 e. The fraction of sp³-hybridized carbons (Fsp3) is 0.143. The molecule has 2 aromatic heterocycles. The fourth-order valence-corrected chi connectivity index (χ4v) is 4.21. The fourth-order valence-electron chi connectivity index (χ4n) is 4.21. The lowest BCUT2D eigenvalue weighted by Gasteiger charge is -2.09. The molecule has 0 aliphatic rings. The molecular formula is C28H26N2O5. The Morgan fingerprint density at radius 3 is 2.46 bits per heavy atom. The van der Waals surface area contributed by atoms with E-state index >= 15 is 0 Å². The Hall–Kier alpha value is -4.36. The first kappa shape index (κ1) is 23.8. The number of rotatable bonds is 8. The van der Waals surface area contributed by atoms with Crippen molar-refractivity contribution in [1.29, 1.82) is 0 Å². The van der Waals surface area contributed by atoms with E-state index in [0.29, 0.717) is 23.9 Å². The van der Waals surface area contributed by atoms with Crippen molar-refractivity contribution in [3.8, 4) is 17.2 Å². The van der Waals surface area contributed by atoms with Gasteiger partial charge in [0.25, 0.3) is 0 Å². The quantitative estimate of drug-likeness (QED) is 0.342. The normalized spacial score (nSPS) is 10.8. The average Bonchev–Trinajstić information content (AvgIpc) is 3.43. The summed E-state index contributed by atoms with van der Waals surface area (Å²) in [5.74, 6) is 0.344. The van der Waals surface area contributed by atoms with Gasteiger partial charge in [0, 0.05) is 28.7 Å². The average molecular weight is 471 g/mol. The number of ether oxygens (including phenoxy) is 1. The van der Waals surface area contributed by atoms with Crippen molar-refractivity contribution in [2.45, 2.75) is 26.5 Å². The van der Waals surface area contributed by atoms with E-state index in [1.165, 1.54) is 0 Å². The number of aliphatic carboxylic acids is 1. The zero-order chi connectivity index (χ0) is 23.5. The van der Waals surface area contributed by atoms with Gasteiger partial charge in [-0.25, -0.2) is 4.98 Å². The van der Waals surface area contributed by atoms with Crippen molar-refractivity contribution in [3.05, 3.63) is 108 Å². The molecule has 0 unspecified atom stereocenters. The highest BCUT2D eigenvalue weighted by Gasteiger charge is 2.18. The van der Waals surface area contributed by atoms with Crippen LogP contribution in [-0.4, -0.2) is 26.1 Å². The molecule has 7 nitrogen and oxygen atoms in total. The Morgan fingerprint density at radius 2 is 1.74 bits per heavy atom. The van der Waals surface area contributed by atoms with Crippen LogP contribution in [0.25, 0.3) is 22.4 Å². The molecule has 0 aliphatic heterocycles. The molecule has 0 radical (unpaired) electrons. The molecule has 3 aromatic carbocycles. The first-order valence-corrected chi connectivity index (χ1v) is 11.1. The van der Waals surface area contributed by atoms with Crippen molar-refractivity contribution in [2.24, 2.45) is 0 Å². The monoisotopic (exact) mass is 470 g/mol. The molecule has 0 saturated carbocycles. The van der Waals surface area contributed by atoms with E-state index in [9.17, 15) is 9.90 Å². The van der Waals surface area contributed by atoms with Gasteiger partial charge in [0.15, 0.2) is 0 Å². The Balaban J connectivity index is 0.00000289.